The third kappa shape index (κ3) is 4.45. The number of morpholine rings is 1. The van der Waals surface area contributed by atoms with E-state index in [0.29, 0.717) is 12.6 Å². The van der Waals surface area contributed by atoms with E-state index in [2.05, 4.69) is 20.6 Å². The van der Waals surface area contributed by atoms with Crippen molar-refractivity contribution in [2.75, 3.05) is 44.7 Å². The molecule has 2 amide bonds. The van der Waals surface area contributed by atoms with E-state index in [0.717, 1.165) is 57.2 Å². The molecule has 3 rings (SSSR count). The molecule has 0 aromatic carbocycles. The second-order valence-corrected chi connectivity index (χ2v) is 6.39. The van der Waals surface area contributed by atoms with Gasteiger partial charge in [0.2, 0.25) is 0 Å². The highest BCUT2D eigenvalue weighted by Crippen LogP contribution is 2.31. The van der Waals surface area contributed by atoms with E-state index in [4.69, 9.17) is 4.74 Å². The molecule has 1 aromatic rings. The summed E-state index contributed by atoms with van der Waals surface area (Å²) in [5, 5.41) is 10.4. The number of aromatic nitrogens is 2. The Morgan fingerprint density at radius 1 is 1.35 bits per heavy atom. The Hall–Kier alpha value is -1.60. The molecular weight excluding hydrogens is 294 g/mol. The smallest absolute Gasteiger partial charge is 0.320 e. The average molecular weight is 321 g/mol. The molecule has 2 N–H and O–H groups in total. The lowest BCUT2D eigenvalue weighted by atomic mass is 10.2. The van der Waals surface area contributed by atoms with Gasteiger partial charge in [-0.25, -0.2) is 9.48 Å². The lowest BCUT2D eigenvalue weighted by molar-refractivity contribution is 0.0388. The van der Waals surface area contributed by atoms with Crippen LogP contribution in [-0.2, 0) is 4.74 Å². The first-order chi connectivity index (χ1) is 11.2. The molecule has 0 unspecified atom stereocenters. The standard InChI is InChI=1S/C16H27N5O2/c1-13-12-15(21(19-13)14-4-2-3-5-14)18-16(22)17-6-7-20-8-10-23-11-9-20/h12,14H,2-11H2,1H3,(H2,17,18,22). The lowest BCUT2D eigenvalue weighted by Crippen LogP contribution is -2.42. The minimum Gasteiger partial charge on any atom is -0.379 e. The number of hydrogen-bond donors (Lipinski definition) is 2. The van der Waals surface area contributed by atoms with Crippen LogP contribution in [0.2, 0.25) is 0 Å². The third-order valence-corrected chi connectivity index (χ3v) is 4.59. The fourth-order valence-electron chi connectivity index (χ4n) is 3.35. The molecule has 0 atom stereocenters. The van der Waals surface area contributed by atoms with Crippen LogP contribution in [0.5, 0.6) is 0 Å². The SMILES string of the molecule is Cc1cc(NC(=O)NCCN2CCOCC2)n(C2CCCC2)n1. The highest BCUT2D eigenvalue weighted by molar-refractivity contribution is 5.88. The van der Waals surface area contributed by atoms with E-state index in [1.165, 1.54) is 12.8 Å². The van der Waals surface area contributed by atoms with E-state index in [1.807, 2.05) is 17.7 Å². The molecule has 7 heteroatoms. The normalized spacial score (nSPS) is 19.9. The number of amides is 2. The van der Waals surface area contributed by atoms with Gasteiger partial charge in [0.15, 0.2) is 0 Å². The van der Waals surface area contributed by atoms with Gasteiger partial charge < -0.3 is 10.1 Å². The number of anilines is 1. The summed E-state index contributed by atoms with van der Waals surface area (Å²) in [5.41, 5.74) is 0.945. The molecule has 128 valence electrons. The summed E-state index contributed by atoms with van der Waals surface area (Å²) in [4.78, 5) is 14.4. The lowest BCUT2D eigenvalue weighted by Gasteiger charge is -2.26. The van der Waals surface area contributed by atoms with Crippen LogP contribution in [0, 0.1) is 6.92 Å². The van der Waals surface area contributed by atoms with Crippen LogP contribution < -0.4 is 10.6 Å². The maximum Gasteiger partial charge on any atom is 0.320 e. The molecule has 2 heterocycles. The highest BCUT2D eigenvalue weighted by Gasteiger charge is 2.21. The minimum absolute atomic E-state index is 0.155. The zero-order valence-electron chi connectivity index (χ0n) is 13.9. The van der Waals surface area contributed by atoms with Crippen LogP contribution in [0.25, 0.3) is 0 Å². The van der Waals surface area contributed by atoms with Crippen molar-refractivity contribution in [2.24, 2.45) is 0 Å². The van der Waals surface area contributed by atoms with Gasteiger partial charge in [-0.15, -0.1) is 0 Å². The number of nitrogens with zero attached hydrogens (tertiary/aromatic N) is 3. The Morgan fingerprint density at radius 3 is 2.83 bits per heavy atom. The van der Waals surface area contributed by atoms with Crippen molar-refractivity contribution in [3.05, 3.63) is 11.8 Å². The Balaban J connectivity index is 1.47. The van der Waals surface area contributed by atoms with Crippen molar-refractivity contribution < 1.29 is 9.53 Å². The third-order valence-electron chi connectivity index (χ3n) is 4.59. The van der Waals surface area contributed by atoms with Gasteiger partial charge in [-0.2, -0.15) is 5.10 Å². The number of urea groups is 1. The van der Waals surface area contributed by atoms with Crippen molar-refractivity contribution in [3.8, 4) is 0 Å². The van der Waals surface area contributed by atoms with Crippen molar-refractivity contribution in [1.82, 2.24) is 20.0 Å². The maximum absolute atomic E-state index is 12.1. The number of hydrogen-bond acceptors (Lipinski definition) is 4. The number of carbonyl (C=O) groups is 1. The summed E-state index contributed by atoms with van der Waals surface area (Å²) in [6.07, 6.45) is 4.78. The molecule has 0 bridgehead atoms. The molecular formula is C16H27N5O2. The molecule has 2 fully saturated rings. The fraction of sp³-hybridized carbons (Fsp3) is 0.750. The second-order valence-electron chi connectivity index (χ2n) is 6.39. The summed E-state index contributed by atoms with van der Waals surface area (Å²) >= 11 is 0. The monoisotopic (exact) mass is 321 g/mol. The first kappa shape index (κ1) is 16.3. The van der Waals surface area contributed by atoms with E-state index >= 15 is 0 Å². The molecule has 0 spiro atoms. The topological polar surface area (TPSA) is 71.4 Å². The van der Waals surface area contributed by atoms with E-state index in [-0.39, 0.29) is 6.03 Å². The molecule has 1 aliphatic heterocycles. The molecule has 1 saturated heterocycles. The predicted octanol–water partition coefficient (Wildman–Crippen LogP) is 1.76. The first-order valence-corrected chi connectivity index (χ1v) is 8.63. The summed E-state index contributed by atoms with van der Waals surface area (Å²) < 4.78 is 7.31. The van der Waals surface area contributed by atoms with Gasteiger partial charge >= 0.3 is 6.03 Å². The molecule has 1 aromatic heterocycles. The number of ether oxygens (including phenoxy) is 1. The van der Waals surface area contributed by atoms with Gasteiger partial charge in [0.25, 0.3) is 0 Å². The summed E-state index contributed by atoms with van der Waals surface area (Å²) in [6, 6.07) is 2.21. The maximum atomic E-state index is 12.1. The molecule has 23 heavy (non-hydrogen) atoms. The second kappa shape index (κ2) is 7.79. The molecule has 1 saturated carbocycles. The van der Waals surface area contributed by atoms with Crippen LogP contribution in [0.15, 0.2) is 6.07 Å². The van der Waals surface area contributed by atoms with Crippen LogP contribution >= 0.6 is 0 Å². The number of nitrogens with one attached hydrogen (secondary N) is 2. The number of carbonyl (C=O) groups excluding carboxylic acids is 1. The van der Waals surface area contributed by atoms with Crippen molar-refractivity contribution >= 4 is 11.8 Å². The summed E-state index contributed by atoms with van der Waals surface area (Å²) in [6.45, 7) is 6.92. The van der Waals surface area contributed by atoms with Gasteiger partial charge in [0, 0.05) is 32.2 Å². The van der Waals surface area contributed by atoms with Crippen LogP contribution in [0.1, 0.15) is 37.4 Å². The van der Waals surface area contributed by atoms with Gasteiger partial charge in [0.1, 0.15) is 5.82 Å². The highest BCUT2D eigenvalue weighted by atomic mass is 16.5. The quantitative estimate of drug-likeness (QED) is 0.867. The summed E-state index contributed by atoms with van der Waals surface area (Å²) in [5.74, 6) is 0.804. The molecule has 1 aliphatic carbocycles. The van der Waals surface area contributed by atoms with Crippen LogP contribution in [-0.4, -0.2) is 60.1 Å². The Morgan fingerprint density at radius 2 is 2.09 bits per heavy atom. The molecule has 2 aliphatic rings. The van der Waals surface area contributed by atoms with Gasteiger partial charge in [-0.1, -0.05) is 12.8 Å². The summed E-state index contributed by atoms with van der Waals surface area (Å²) in [7, 11) is 0. The Labute approximate surface area is 137 Å². The van der Waals surface area contributed by atoms with Gasteiger partial charge in [-0.3, -0.25) is 10.2 Å². The molecule has 0 radical (unpaired) electrons. The fourth-order valence-corrected chi connectivity index (χ4v) is 3.35. The van der Waals surface area contributed by atoms with Crippen LogP contribution in [0.3, 0.4) is 0 Å². The van der Waals surface area contributed by atoms with E-state index in [9.17, 15) is 4.79 Å². The zero-order chi connectivity index (χ0) is 16.1. The van der Waals surface area contributed by atoms with Crippen molar-refractivity contribution in [3.63, 3.8) is 0 Å². The Kier molecular flexibility index (Phi) is 5.51. The van der Waals surface area contributed by atoms with Crippen molar-refractivity contribution in [2.45, 2.75) is 38.6 Å². The number of aryl methyl sites for hydroxylation is 1. The zero-order valence-corrected chi connectivity index (χ0v) is 13.9. The van der Waals surface area contributed by atoms with Gasteiger partial charge in [0.05, 0.1) is 24.9 Å². The molecule has 7 nitrogen and oxygen atoms in total. The van der Waals surface area contributed by atoms with E-state index < -0.39 is 0 Å². The van der Waals surface area contributed by atoms with E-state index in [1.54, 1.807) is 0 Å². The Bertz CT molecular complexity index is 519. The minimum atomic E-state index is -0.155. The predicted molar refractivity (Wildman–Crippen MR) is 88.7 cm³/mol. The average Bonchev–Trinajstić information content (AvgIpc) is 3.18. The number of rotatable bonds is 5. The van der Waals surface area contributed by atoms with Crippen molar-refractivity contribution in [1.29, 1.82) is 0 Å². The first-order valence-electron chi connectivity index (χ1n) is 8.63. The van der Waals surface area contributed by atoms with Crippen LogP contribution in [0.4, 0.5) is 10.6 Å². The largest absolute Gasteiger partial charge is 0.379 e. The van der Waals surface area contributed by atoms with Gasteiger partial charge in [-0.05, 0) is 19.8 Å².